The molecule has 1 aromatic carbocycles. The zero-order chi connectivity index (χ0) is 19.8. The first-order valence-corrected chi connectivity index (χ1v) is 10.5. The Morgan fingerprint density at radius 1 is 1.36 bits per heavy atom. The summed E-state index contributed by atoms with van der Waals surface area (Å²) in [6, 6.07) is 11.7. The van der Waals surface area contributed by atoms with Crippen molar-refractivity contribution >= 4 is 23.0 Å². The third-order valence-electron chi connectivity index (χ3n) is 5.18. The van der Waals surface area contributed by atoms with Crippen molar-refractivity contribution in [3.63, 3.8) is 0 Å². The fourth-order valence-corrected chi connectivity index (χ4v) is 4.00. The Morgan fingerprint density at radius 2 is 2.25 bits per heavy atom. The summed E-state index contributed by atoms with van der Waals surface area (Å²) in [5, 5.41) is 4.05. The summed E-state index contributed by atoms with van der Waals surface area (Å²) < 4.78 is 10.9. The van der Waals surface area contributed by atoms with Crippen LogP contribution in [0.4, 0.5) is 5.69 Å². The molecule has 1 fully saturated rings. The molecular formula is C22H31N3O2S. The first kappa shape index (κ1) is 20.7. The SMILES string of the molecule is COc1cccc(NC(=S)N(CCCN2CCC[C@H](C)C2)Cc2ccco2)c1. The number of anilines is 1. The highest BCUT2D eigenvalue weighted by atomic mass is 32.1. The Labute approximate surface area is 173 Å². The fourth-order valence-electron chi connectivity index (χ4n) is 3.72. The van der Waals surface area contributed by atoms with Crippen LogP contribution in [0.3, 0.4) is 0 Å². The number of rotatable bonds is 8. The van der Waals surface area contributed by atoms with E-state index in [2.05, 4.69) is 22.0 Å². The summed E-state index contributed by atoms with van der Waals surface area (Å²) in [5.74, 6) is 2.54. The number of ether oxygens (including phenoxy) is 1. The summed E-state index contributed by atoms with van der Waals surface area (Å²) in [7, 11) is 1.67. The van der Waals surface area contributed by atoms with Crippen molar-refractivity contribution in [3.05, 3.63) is 48.4 Å². The molecule has 1 aromatic heterocycles. The van der Waals surface area contributed by atoms with Crippen LogP contribution < -0.4 is 10.1 Å². The molecule has 0 bridgehead atoms. The molecule has 0 saturated carbocycles. The maximum absolute atomic E-state index is 5.72. The first-order chi connectivity index (χ1) is 13.6. The summed E-state index contributed by atoms with van der Waals surface area (Å²) in [6.07, 6.45) is 5.46. The van der Waals surface area contributed by atoms with Crippen LogP contribution in [0.1, 0.15) is 31.9 Å². The van der Waals surface area contributed by atoms with Crippen molar-refractivity contribution < 1.29 is 9.15 Å². The van der Waals surface area contributed by atoms with Crippen molar-refractivity contribution in [2.24, 2.45) is 5.92 Å². The van der Waals surface area contributed by atoms with Crippen molar-refractivity contribution in [2.45, 2.75) is 32.7 Å². The molecule has 5 nitrogen and oxygen atoms in total. The van der Waals surface area contributed by atoms with Gasteiger partial charge in [0.15, 0.2) is 5.11 Å². The van der Waals surface area contributed by atoms with Gasteiger partial charge < -0.3 is 24.3 Å². The second-order valence-corrected chi connectivity index (χ2v) is 7.95. The molecule has 0 amide bonds. The van der Waals surface area contributed by atoms with Crippen molar-refractivity contribution in [1.82, 2.24) is 9.80 Å². The van der Waals surface area contributed by atoms with Gasteiger partial charge in [-0.15, -0.1) is 0 Å². The van der Waals surface area contributed by atoms with Crippen LogP contribution in [0.5, 0.6) is 5.75 Å². The van der Waals surface area contributed by atoms with Gasteiger partial charge in [-0.1, -0.05) is 13.0 Å². The van der Waals surface area contributed by atoms with Gasteiger partial charge in [-0.05, 0) is 74.8 Å². The third kappa shape index (κ3) is 6.24. The summed E-state index contributed by atoms with van der Waals surface area (Å²) in [5.41, 5.74) is 0.929. The fraction of sp³-hybridized carbons (Fsp3) is 0.500. The van der Waals surface area contributed by atoms with Crippen LogP contribution in [-0.4, -0.2) is 48.2 Å². The maximum Gasteiger partial charge on any atom is 0.173 e. The zero-order valence-corrected chi connectivity index (χ0v) is 17.7. The van der Waals surface area contributed by atoms with E-state index < -0.39 is 0 Å². The largest absolute Gasteiger partial charge is 0.497 e. The van der Waals surface area contributed by atoms with Gasteiger partial charge in [-0.25, -0.2) is 0 Å². The number of furan rings is 1. The predicted molar refractivity (Wildman–Crippen MR) is 118 cm³/mol. The van der Waals surface area contributed by atoms with Gasteiger partial charge in [0, 0.05) is 24.8 Å². The minimum Gasteiger partial charge on any atom is -0.497 e. The van der Waals surface area contributed by atoms with Crippen LogP contribution in [-0.2, 0) is 6.54 Å². The lowest BCUT2D eigenvalue weighted by Gasteiger charge is -2.32. The monoisotopic (exact) mass is 401 g/mol. The molecule has 28 heavy (non-hydrogen) atoms. The molecule has 1 aliphatic heterocycles. The molecule has 0 radical (unpaired) electrons. The molecule has 2 heterocycles. The van der Waals surface area contributed by atoms with Crippen LogP contribution in [0.2, 0.25) is 0 Å². The van der Waals surface area contributed by atoms with Crippen LogP contribution in [0.25, 0.3) is 0 Å². The number of benzene rings is 1. The quantitative estimate of drug-likeness (QED) is 0.652. The van der Waals surface area contributed by atoms with Gasteiger partial charge in [0.05, 0.1) is 19.9 Å². The third-order valence-corrected chi connectivity index (χ3v) is 5.54. The molecule has 0 aliphatic carbocycles. The highest BCUT2D eigenvalue weighted by Gasteiger charge is 2.17. The molecule has 0 unspecified atom stereocenters. The molecule has 3 rings (SSSR count). The lowest BCUT2D eigenvalue weighted by atomic mass is 10.0. The smallest absolute Gasteiger partial charge is 0.173 e. The Morgan fingerprint density at radius 3 is 3.00 bits per heavy atom. The molecule has 152 valence electrons. The topological polar surface area (TPSA) is 40.9 Å². The first-order valence-electron chi connectivity index (χ1n) is 10.1. The summed E-state index contributed by atoms with van der Waals surface area (Å²) in [6.45, 7) is 7.45. The highest BCUT2D eigenvalue weighted by Crippen LogP contribution is 2.19. The van der Waals surface area contributed by atoms with Crippen molar-refractivity contribution in [2.75, 3.05) is 38.6 Å². The minimum absolute atomic E-state index is 0.666. The van der Waals surface area contributed by atoms with Crippen LogP contribution in [0, 0.1) is 5.92 Å². The summed E-state index contributed by atoms with van der Waals surface area (Å²) in [4.78, 5) is 4.76. The second-order valence-electron chi connectivity index (χ2n) is 7.56. The van der Waals surface area contributed by atoms with E-state index in [1.54, 1.807) is 13.4 Å². The van der Waals surface area contributed by atoms with Gasteiger partial charge >= 0.3 is 0 Å². The Kier molecular flexibility index (Phi) is 7.74. The van der Waals surface area contributed by atoms with E-state index >= 15 is 0 Å². The molecule has 6 heteroatoms. The highest BCUT2D eigenvalue weighted by molar-refractivity contribution is 7.80. The van der Waals surface area contributed by atoms with E-state index in [-0.39, 0.29) is 0 Å². The summed E-state index contributed by atoms with van der Waals surface area (Å²) >= 11 is 5.72. The van der Waals surface area contributed by atoms with Crippen molar-refractivity contribution in [1.29, 1.82) is 0 Å². The molecule has 1 N–H and O–H groups in total. The van der Waals surface area contributed by atoms with Crippen LogP contribution in [0.15, 0.2) is 47.1 Å². The average molecular weight is 402 g/mol. The number of nitrogens with one attached hydrogen (secondary N) is 1. The molecule has 1 aliphatic rings. The lowest BCUT2D eigenvalue weighted by molar-refractivity contribution is 0.177. The number of hydrogen-bond acceptors (Lipinski definition) is 4. The van der Waals surface area contributed by atoms with E-state index in [0.717, 1.165) is 42.6 Å². The van der Waals surface area contributed by atoms with Gasteiger partial charge in [0.1, 0.15) is 11.5 Å². The Bertz CT molecular complexity index is 735. The van der Waals surface area contributed by atoms with E-state index in [4.69, 9.17) is 21.4 Å². The molecule has 1 saturated heterocycles. The molecule has 2 aromatic rings. The van der Waals surface area contributed by atoms with Gasteiger partial charge in [-0.2, -0.15) is 0 Å². The number of nitrogens with zero attached hydrogens (tertiary/aromatic N) is 2. The van der Waals surface area contributed by atoms with E-state index in [9.17, 15) is 0 Å². The molecule has 0 spiro atoms. The molecular weight excluding hydrogens is 370 g/mol. The number of piperidine rings is 1. The van der Waals surface area contributed by atoms with Gasteiger partial charge in [0.2, 0.25) is 0 Å². The van der Waals surface area contributed by atoms with Crippen molar-refractivity contribution in [3.8, 4) is 5.75 Å². The van der Waals surface area contributed by atoms with E-state index in [0.29, 0.717) is 11.7 Å². The number of thiocarbonyl (C=S) groups is 1. The second kappa shape index (κ2) is 10.5. The number of hydrogen-bond donors (Lipinski definition) is 1. The van der Waals surface area contributed by atoms with Gasteiger partial charge in [-0.3, -0.25) is 0 Å². The Hall–Kier alpha value is -2.05. The lowest BCUT2D eigenvalue weighted by Crippen LogP contribution is -2.39. The number of methoxy groups -OCH3 is 1. The minimum atomic E-state index is 0.666. The normalized spacial score (nSPS) is 17.3. The zero-order valence-electron chi connectivity index (χ0n) is 16.9. The van der Waals surface area contributed by atoms with Crippen LogP contribution >= 0.6 is 12.2 Å². The average Bonchev–Trinajstić information content (AvgIpc) is 3.20. The predicted octanol–water partition coefficient (Wildman–Crippen LogP) is 4.61. The maximum atomic E-state index is 5.72. The standard InChI is InChI=1S/C22H31N3O2S/c1-18-7-4-11-24(16-18)12-6-13-25(17-21-10-5-14-27-21)22(28)23-19-8-3-9-20(15-19)26-2/h3,5,8-10,14-15,18H,4,6-7,11-13,16-17H2,1-2H3,(H,23,28)/t18-/m0/s1. The van der Waals surface area contributed by atoms with E-state index in [1.807, 2.05) is 36.4 Å². The number of likely N-dealkylation sites (tertiary alicyclic amines) is 1. The molecule has 1 atom stereocenters. The Balaban J connectivity index is 1.58. The van der Waals surface area contributed by atoms with Gasteiger partial charge in [0.25, 0.3) is 0 Å². The van der Waals surface area contributed by atoms with E-state index in [1.165, 1.54) is 25.9 Å².